The maximum absolute atomic E-state index is 13.9. The van der Waals surface area contributed by atoms with Gasteiger partial charge in [-0.1, -0.05) is 12.1 Å². The number of hydrogen-bond acceptors (Lipinski definition) is 6. The van der Waals surface area contributed by atoms with Crippen LogP contribution in [0.4, 0.5) is 19.0 Å². The highest BCUT2D eigenvalue weighted by Crippen LogP contribution is 2.21. The molecule has 1 aromatic heterocycles. The van der Waals surface area contributed by atoms with Gasteiger partial charge in [0, 0.05) is 35.8 Å². The van der Waals surface area contributed by atoms with Gasteiger partial charge in [0.25, 0.3) is 11.8 Å². The van der Waals surface area contributed by atoms with Gasteiger partial charge in [-0.05, 0) is 43.7 Å². The van der Waals surface area contributed by atoms with Crippen LogP contribution in [0.25, 0.3) is 11.3 Å². The highest BCUT2D eigenvalue weighted by atomic mass is 19.2. The lowest BCUT2D eigenvalue weighted by Crippen LogP contribution is -2.46. The summed E-state index contributed by atoms with van der Waals surface area (Å²) in [7, 11) is 0. The summed E-state index contributed by atoms with van der Waals surface area (Å²) < 4.78 is 41.1. The zero-order chi connectivity index (χ0) is 24.9. The van der Waals surface area contributed by atoms with Crippen LogP contribution in [0.3, 0.4) is 0 Å². The molecular formula is C24H23F3N6O2. The van der Waals surface area contributed by atoms with E-state index in [-0.39, 0.29) is 23.1 Å². The number of nitrogens with zero attached hydrogens (tertiary/aromatic N) is 2. The molecule has 0 saturated carbocycles. The molecule has 1 aliphatic heterocycles. The van der Waals surface area contributed by atoms with Gasteiger partial charge in [0.05, 0.1) is 11.9 Å². The summed E-state index contributed by atoms with van der Waals surface area (Å²) >= 11 is 0. The van der Waals surface area contributed by atoms with Gasteiger partial charge in [-0.2, -0.15) is 0 Å². The molecule has 1 atom stereocenters. The summed E-state index contributed by atoms with van der Waals surface area (Å²) in [5.41, 5.74) is 6.22. The van der Waals surface area contributed by atoms with Crippen molar-refractivity contribution in [1.29, 1.82) is 0 Å². The standard InChI is InChI=1S/C24H23F3N6O2/c25-17-6-7-18(26)20(27)16(17)11-31-23(34)14-4-1-3-13(9-14)19-12-30-22(28)21(33-19)24(35)32-15-5-2-8-29-10-15/h1,3-4,6-7,9,12,15,29H,2,5,8,10-11H2,(H2,28,30)(H,31,34)(H,32,35). The molecule has 1 unspecified atom stereocenters. The highest BCUT2D eigenvalue weighted by molar-refractivity contribution is 5.97. The normalized spacial score (nSPS) is 15.5. The lowest BCUT2D eigenvalue weighted by Gasteiger charge is -2.23. The van der Waals surface area contributed by atoms with Crippen molar-refractivity contribution >= 4 is 17.6 Å². The predicted octanol–water partition coefficient (Wildman–Crippen LogP) is 2.55. The third-order valence-corrected chi connectivity index (χ3v) is 5.63. The van der Waals surface area contributed by atoms with E-state index < -0.39 is 41.4 Å². The maximum atomic E-state index is 13.9. The number of nitrogens with one attached hydrogen (secondary N) is 3. The number of piperidine rings is 1. The van der Waals surface area contributed by atoms with E-state index in [1.165, 1.54) is 18.3 Å². The van der Waals surface area contributed by atoms with Crippen molar-refractivity contribution < 1.29 is 22.8 Å². The number of carbonyl (C=O) groups is 2. The van der Waals surface area contributed by atoms with Crippen molar-refractivity contribution in [2.75, 3.05) is 18.8 Å². The SMILES string of the molecule is Nc1ncc(-c2cccc(C(=O)NCc3c(F)ccc(F)c3F)c2)nc1C(=O)NC1CCCNC1. The van der Waals surface area contributed by atoms with Crippen molar-refractivity contribution in [2.45, 2.75) is 25.4 Å². The van der Waals surface area contributed by atoms with E-state index in [4.69, 9.17) is 5.73 Å². The number of rotatable bonds is 6. The van der Waals surface area contributed by atoms with Crippen LogP contribution < -0.4 is 21.7 Å². The Labute approximate surface area is 199 Å². The molecule has 0 bridgehead atoms. The number of nitrogens with two attached hydrogens (primary N) is 1. The average Bonchev–Trinajstić information content (AvgIpc) is 2.87. The van der Waals surface area contributed by atoms with Crippen LogP contribution in [-0.2, 0) is 6.54 Å². The second-order valence-electron chi connectivity index (χ2n) is 8.09. The molecular weight excluding hydrogens is 461 g/mol. The third-order valence-electron chi connectivity index (χ3n) is 5.63. The summed E-state index contributed by atoms with van der Waals surface area (Å²) in [4.78, 5) is 33.7. The molecule has 2 aromatic carbocycles. The van der Waals surface area contributed by atoms with E-state index in [2.05, 4.69) is 25.9 Å². The number of aromatic nitrogens is 2. The lowest BCUT2D eigenvalue weighted by molar-refractivity contribution is 0.0923. The minimum atomic E-state index is -1.36. The van der Waals surface area contributed by atoms with Gasteiger partial charge in [-0.3, -0.25) is 9.59 Å². The molecule has 11 heteroatoms. The summed E-state index contributed by atoms with van der Waals surface area (Å²) in [6.45, 7) is 1.01. The summed E-state index contributed by atoms with van der Waals surface area (Å²) in [6.07, 6.45) is 3.16. The Bertz CT molecular complexity index is 1260. The second-order valence-corrected chi connectivity index (χ2v) is 8.09. The van der Waals surface area contributed by atoms with Crippen LogP contribution in [0.15, 0.2) is 42.6 Å². The molecule has 2 amide bonds. The Balaban J connectivity index is 1.50. The Kier molecular flexibility index (Phi) is 7.25. The molecule has 0 radical (unpaired) electrons. The van der Waals surface area contributed by atoms with E-state index in [0.29, 0.717) is 23.9 Å². The molecule has 182 valence electrons. The molecule has 35 heavy (non-hydrogen) atoms. The Hall–Kier alpha value is -3.99. The van der Waals surface area contributed by atoms with Gasteiger partial charge < -0.3 is 21.7 Å². The van der Waals surface area contributed by atoms with Crippen LogP contribution in [-0.4, -0.2) is 40.9 Å². The molecule has 5 N–H and O–H groups in total. The van der Waals surface area contributed by atoms with Gasteiger partial charge in [0.2, 0.25) is 0 Å². The smallest absolute Gasteiger partial charge is 0.274 e. The molecule has 3 aromatic rings. The highest BCUT2D eigenvalue weighted by Gasteiger charge is 2.21. The number of nitrogen functional groups attached to an aromatic ring is 1. The Morgan fingerprint density at radius 2 is 1.91 bits per heavy atom. The summed E-state index contributed by atoms with van der Waals surface area (Å²) in [6, 6.07) is 7.65. The Morgan fingerprint density at radius 1 is 1.11 bits per heavy atom. The number of carbonyl (C=O) groups excluding carboxylic acids is 2. The molecule has 2 heterocycles. The van der Waals surface area contributed by atoms with Crippen molar-refractivity contribution in [1.82, 2.24) is 25.9 Å². The third kappa shape index (κ3) is 5.57. The lowest BCUT2D eigenvalue weighted by atomic mass is 10.1. The van der Waals surface area contributed by atoms with Crippen molar-refractivity contribution in [2.24, 2.45) is 0 Å². The van der Waals surface area contributed by atoms with Gasteiger partial charge in [-0.15, -0.1) is 0 Å². The minimum absolute atomic E-state index is 0.0249. The zero-order valence-corrected chi connectivity index (χ0v) is 18.6. The maximum Gasteiger partial charge on any atom is 0.274 e. The number of hydrogen-bond donors (Lipinski definition) is 4. The van der Waals surface area contributed by atoms with Crippen LogP contribution in [0.5, 0.6) is 0 Å². The zero-order valence-electron chi connectivity index (χ0n) is 18.6. The topological polar surface area (TPSA) is 122 Å². The second kappa shape index (κ2) is 10.5. The molecule has 8 nitrogen and oxygen atoms in total. The fourth-order valence-corrected chi connectivity index (χ4v) is 3.75. The van der Waals surface area contributed by atoms with Gasteiger partial charge in [0.15, 0.2) is 23.1 Å². The van der Waals surface area contributed by atoms with E-state index >= 15 is 0 Å². The van der Waals surface area contributed by atoms with Crippen molar-refractivity contribution in [3.05, 3.63) is 76.9 Å². The quantitative estimate of drug-likeness (QED) is 0.399. The van der Waals surface area contributed by atoms with E-state index in [0.717, 1.165) is 25.5 Å². The van der Waals surface area contributed by atoms with Gasteiger partial charge >= 0.3 is 0 Å². The number of halogens is 3. The monoisotopic (exact) mass is 484 g/mol. The largest absolute Gasteiger partial charge is 0.382 e. The van der Waals surface area contributed by atoms with Crippen LogP contribution >= 0.6 is 0 Å². The summed E-state index contributed by atoms with van der Waals surface area (Å²) in [5, 5.41) is 8.48. The fourth-order valence-electron chi connectivity index (χ4n) is 3.75. The van der Waals surface area contributed by atoms with Gasteiger partial charge in [-0.25, -0.2) is 23.1 Å². The molecule has 1 saturated heterocycles. The van der Waals surface area contributed by atoms with E-state index in [1.807, 2.05) is 0 Å². The summed E-state index contributed by atoms with van der Waals surface area (Å²) in [5.74, 6) is -4.64. The van der Waals surface area contributed by atoms with E-state index in [1.54, 1.807) is 12.1 Å². The molecule has 0 spiro atoms. The molecule has 1 aliphatic rings. The average molecular weight is 484 g/mol. The minimum Gasteiger partial charge on any atom is -0.382 e. The molecule has 4 rings (SSSR count). The predicted molar refractivity (Wildman–Crippen MR) is 123 cm³/mol. The first-order valence-electron chi connectivity index (χ1n) is 11.0. The van der Waals surface area contributed by atoms with E-state index in [9.17, 15) is 22.8 Å². The van der Waals surface area contributed by atoms with Crippen LogP contribution in [0.2, 0.25) is 0 Å². The van der Waals surface area contributed by atoms with Crippen LogP contribution in [0, 0.1) is 17.5 Å². The Morgan fingerprint density at radius 3 is 2.69 bits per heavy atom. The first-order chi connectivity index (χ1) is 16.8. The van der Waals surface area contributed by atoms with Crippen LogP contribution in [0.1, 0.15) is 39.3 Å². The van der Waals surface area contributed by atoms with Crippen molar-refractivity contribution in [3.8, 4) is 11.3 Å². The fraction of sp³-hybridized carbons (Fsp3) is 0.250. The number of amides is 2. The molecule has 0 aliphatic carbocycles. The van der Waals surface area contributed by atoms with Crippen molar-refractivity contribution in [3.63, 3.8) is 0 Å². The molecule has 1 fully saturated rings. The number of benzene rings is 2. The first kappa shape index (κ1) is 24.1. The van der Waals surface area contributed by atoms with Gasteiger partial charge in [0.1, 0.15) is 5.82 Å². The first-order valence-corrected chi connectivity index (χ1v) is 11.0. The number of anilines is 1.